The first-order chi connectivity index (χ1) is 11.4. The molecule has 8 nitrogen and oxygen atoms in total. The van der Waals surface area contributed by atoms with Crippen LogP contribution in [0.15, 0.2) is 18.2 Å². The van der Waals surface area contributed by atoms with Crippen LogP contribution in [0.2, 0.25) is 5.02 Å². The van der Waals surface area contributed by atoms with Crippen LogP contribution in [-0.2, 0) is 14.4 Å². The van der Waals surface area contributed by atoms with E-state index in [4.69, 9.17) is 21.1 Å². The van der Waals surface area contributed by atoms with Crippen molar-refractivity contribution < 1.29 is 23.9 Å². The lowest BCUT2D eigenvalue weighted by molar-refractivity contribution is -0.140. The molecule has 0 atom stereocenters. The predicted octanol–water partition coefficient (Wildman–Crippen LogP) is 0.754. The summed E-state index contributed by atoms with van der Waals surface area (Å²) >= 11 is 6.03. The number of hydrogen-bond acceptors (Lipinski definition) is 5. The third-order valence-corrected chi connectivity index (χ3v) is 3.08. The molecule has 1 heterocycles. The van der Waals surface area contributed by atoms with Gasteiger partial charge in [-0.1, -0.05) is 11.6 Å². The maximum absolute atomic E-state index is 11.7. The van der Waals surface area contributed by atoms with Gasteiger partial charge in [-0.2, -0.15) is 0 Å². The number of rotatable bonds is 3. The number of ether oxygens (including phenoxy) is 2. The molecule has 0 unspecified atom stereocenters. The molecule has 0 fully saturated rings. The van der Waals surface area contributed by atoms with Crippen molar-refractivity contribution in [3.8, 4) is 11.5 Å². The highest BCUT2D eigenvalue weighted by atomic mass is 35.5. The van der Waals surface area contributed by atoms with E-state index in [9.17, 15) is 14.4 Å². The molecular formula is C15H16ClN3O5. The van der Waals surface area contributed by atoms with E-state index in [0.717, 1.165) is 0 Å². The Morgan fingerprint density at radius 1 is 1.17 bits per heavy atom. The Morgan fingerprint density at radius 3 is 2.62 bits per heavy atom. The van der Waals surface area contributed by atoms with E-state index in [1.54, 1.807) is 26.0 Å². The molecule has 128 valence electrons. The molecule has 1 aliphatic heterocycles. The van der Waals surface area contributed by atoms with E-state index in [1.165, 1.54) is 12.2 Å². The molecule has 9 heteroatoms. The maximum Gasteiger partial charge on any atom is 0.327 e. The molecule has 0 aliphatic carbocycles. The Labute approximate surface area is 143 Å². The lowest BCUT2D eigenvalue weighted by Gasteiger charge is -2.08. The van der Waals surface area contributed by atoms with Gasteiger partial charge < -0.3 is 14.8 Å². The SMILES string of the molecule is CC(C)NC(=O)C(=O)NNC(=O)/C=C/c1cc(Cl)c2c(c1)OCO2. The molecule has 3 N–H and O–H groups in total. The third-order valence-electron chi connectivity index (χ3n) is 2.80. The molecule has 0 saturated heterocycles. The van der Waals surface area contributed by atoms with E-state index in [1.807, 2.05) is 5.43 Å². The van der Waals surface area contributed by atoms with Gasteiger partial charge in [-0.3, -0.25) is 25.2 Å². The summed E-state index contributed by atoms with van der Waals surface area (Å²) in [6.45, 7) is 3.51. The van der Waals surface area contributed by atoms with E-state index in [-0.39, 0.29) is 12.8 Å². The van der Waals surface area contributed by atoms with Gasteiger partial charge in [0, 0.05) is 12.1 Å². The highest BCUT2D eigenvalue weighted by Crippen LogP contribution is 2.39. The summed E-state index contributed by atoms with van der Waals surface area (Å²) in [5.41, 5.74) is 4.72. The van der Waals surface area contributed by atoms with Crippen molar-refractivity contribution in [1.29, 1.82) is 0 Å². The van der Waals surface area contributed by atoms with E-state index in [2.05, 4.69) is 10.7 Å². The van der Waals surface area contributed by atoms with Gasteiger partial charge in [-0.05, 0) is 37.6 Å². The van der Waals surface area contributed by atoms with Crippen LogP contribution in [0, 0.1) is 0 Å². The fourth-order valence-corrected chi connectivity index (χ4v) is 2.07. The van der Waals surface area contributed by atoms with Gasteiger partial charge in [0.25, 0.3) is 5.91 Å². The average Bonchev–Trinajstić information content (AvgIpc) is 2.98. The molecule has 2 rings (SSSR count). The Bertz CT molecular complexity index is 703. The fraction of sp³-hybridized carbons (Fsp3) is 0.267. The molecule has 24 heavy (non-hydrogen) atoms. The second-order valence-corrected chi connectivity index (χ2v) is 5.55. The van der Waals surface area contributed by atoms with Crippen LogP contribution in [0.3, 0.4) is 0 Å². The summed E-state index contributed by atoms with van der Waals surface area (Å²) in [5.74, 6) is -1.47. The Hall–Kier alpha value is -2.74. The van der Waals surface area contributed by atoms with Gasteiger partial charge in [0.05, 0.1) is 5.02 Å². The van der Waals surface area contributed by atoms with Crippen molar-refractivity contribution in [3.05, 3.63) is 28.8 Å². The summed E-state index contributed by atoms with van der Waals surface area (Å²) < 4.78 is 10.4. The van der Waals surface area contributed by atoms with Crippen LogP contribution < -0.4 is 25.6 Å². The highest BCUT2D eigenvalue weighted by Gasteiger charge is 2.18. The second kappa shape index (κ2) is 7.69. The molecule has 3 amide bonds. The van der Waals surface area contributed by atoms with Crippen LogP contribution in [0.1, 0.15) is 19.4 Å². The topological polar surface area (TPSA) is 106 Å². The fourth-order valence-electron chi connectivity index (χ4n) is 1.80. The minimum atomic E-state index is -0.962. The van der Waals surface area contributed by atoms with Crippen LogP contribution in [0.4, 0.5) is 0 Å². The molecule has 0 bridgehead atoms. The van der Waals surface area contributed by atoms with Gasteiger partial charge in [0.15, 0.2) is 11.5 Å². The zero-order valence-corrected chi connectivity index (χ0v) is 13.8. The predicted molar refractivity (Wildman–Crippen MR) is 86.2 cm³/mol. The number of hydrogen-bond donors (Lipinski definition) is 3. The van der Waals surface area contributed by atoms with Crippen molar-refractivity contribution in [2.75, 3.05) is 6.79 Å². The number of benzene rings is 1. The van der Waals surface area contributed by atoms with Gasteiger partial charge >= 0.3 is 11.8 Å². The lowest BCUT2D eigenvalue weighted by Crippen LogP contribution is -2.49. The number of hydrazine groups is 1. The summed E-state index contributed by atoms with van der Waals surface area (Å²) in [5, 5.41) is 2.76. The van der Waals surface area contributed by atoms with Crippen LogP contribution >= 0.6 is 11.6 Å². The van der Waals surface area contributed by atoms with Gasteiger partial charge in [0.1, 0.15) is 0 Å². The summed E-state index contributed by atoms with van der Waals surface area (Å²) in [4.78, 5) is 34.4. The number of nitrogens with one attached hydrogen (secondary N) is 3. The number of amides is 3. The molecular weight excluding hydrogens is 338 g/mol. The summed E-state index contributed by atoms with van der Waals surface area (Å²) in [6, 6.07) is 3.08. The molecule has 0 spiro atoms. The zero-order valence-electron chi connectivity index (χ0n) is 13.0. The van der Waals surface area contributed by atoms with Crippen LogP contribution in [-0.4, -0.2) is 30.6 Å². The quantitative estimate of drug-likeness (QED) is 0.422. The normalized spacial score (nSPS) is 12.3. The first kappa shape index (κ1) is 17.6. The number of halogens is 1. The number of fused-ring (bicyclic) bond motifs is 1. The zero-order chi connectivity index (χ0) is 17.7. The molecule has 1 aromatic rings. The largest absolute Gasteiger partial charge is 0.454 e. The summed E-state index contributed by atoms with van der Waals surface area (Å²) in [6.07, 6.45) is 2.65. The number of carbonyl (C=O) groups excluding carboxylic acids is 3. The van der Waals surface area contributed by atoms with Crippen molar-refractivity contribution in [1.82, 2.24) is 16.2 Å². The molecule has 1 aliphatic rings. The van der Waals surface area contributed by atoms with E-state index < -0.39 is 17.7 Å². The molecule has 0 saturated carbocycles. The third kappa shape index (κ3) is 4.63. The highest BCUT2D eigenvalue weighted by molar-refractivity contribution is 6.35. The number of carbonyl (C=O) groups is 3. The van der Waals surface area contributed by atoms with Crippen LogP contribution in [0.25, 0.3) is 6.08 Å². The van der Waals surface area contributed by atoms with Crippen molar-refractivity contribution in [2.24, 2.45) is 0 Å². The van der Waals surface area contributed by atoms with Crippen LogP contribution in [0.5, 0.6) is 11.5 Å². The molecule has 1 aromatic carbocycles. The minimum absolute atomic E-state index is 0.0905. The smallest absolute Gasteiger partial charge is 0.327 e. The lowest BCUT2D eigenvalue weighted by atomic mass is 10.2. The first-order valence-corrected chi connectivity index (χ1v) is 7.42. The van der Waals surface area contributed by atoms with Gasteiger partial charge in [-0.15, -0.1) is 0 Å². The molecule has 0 aromatic heterocycles. The van der Waals surface area contributed by atoms with E-state index in [0.29, 0.717) is 22.1 Å². The average molecular weight is 354 g/mol. The minimum Gasteiger partial charge on any atom is -0.454 e. The molecule has 0 radical (unpaired) electrons. The van der Waals surface area contributed by atoms with Crippen molar-refractivity contribution >= 4 is 35.4 Å². The summed E-state index contributed by atoms with van der Waals surface area (Å²) in [7, 11) is 0. The Kier molecular flexibility index (Phi) is 5.64. The first-order valence-electron chi connectivity index (χ1n) is 7.05. The van der Waals surface area contributed by atoms with Gasteiger partial charge in [-0.25, -0.2) is 0 Å². The van der Waals surface area contributed by atoms with E-state index >= 15 is 0 Å². The maximum atomic E-state index is 11.7. The Balaban J connectivity index is 1.88. The monoisotopic (exact) mass is 353 g/mol. The van der Waals surface area contributed by atoms with Gasteiger partial charge in [0.2, 0.25) is 6.79 Å². The van der Waals surface area contributed by atoms with Crippen molar-refractivity contribution in [3.63, 3.8) is 0 Å². The standard InChI is InChI=1S/C15H16ClN3O5/c1-8(2)17-14(21)15(22)19-18-12(20)4-3-9-5-10(16)13-11(6-9)23-7-24-13/h3-6,8H,7H2,1-2H3,(H,17,21)(H,18,20)(H,19,22)/b4-3+. The van der Waals surface area contributed by atoms with Crippen molar-refractivity contribution in [2.45, 2.75) is 19.9 Å². The second-order valence-electron chi connectivity index (χ2n) is 5.14. The Morgan fingerprint density at radius 2 is 1.92 bits per heavy atom.